The van der Waals surface area contributed by atoms with Crippen LogP contribution in [0.3, 0.4) is 0 Å². The van der Waals surface area contributed by atoms with Gasteiger partial charge in [-0.25, -0.2) is 4.98 Å². The molecule has 1 N–H and O–H groups in total. The molecule has 0 saturated heterocycles. The van der Waals surface area contributed by atoms with Gasteiger partial charge in [-0.05, 0) is 20.3 Å². The number of hydrogen-bond acceptors (Lipinski definition) is 4. The van der Waals surface area contributed by atoms with Crippen molar-refractivity contribution in [3.8, 4) is 0 Å². The Morgan fingerprint density at radius 2 is 2.17 bits per heavy atom. The molecule has 0 radical (unpaired) electrons. The summed E-state index contributed by atoms with van der Waals surface area (Å²) in [5.41, 5.74) is 2.84. The number of aromatic nitrogens is 3. The van der Waals surface area contributed by atoms with Gasteiger partial charge in [0.1, 0.15) is 11.6 Å². The number of hydrogen-bond donors (Lipinski definition) is 1. The molecular formula is C18H26N4O2. The summed E-state index contributed by atoms with van der Waals surface area (Å²) in [5, 5.41) is 7.05. The van der Waals surface area contributed by atoms with Gasteiger partial charge in [-0.15, -0.1) is 0 Å². The molecule has 6 nitrogen and oxygen atoms in total. The summed E-state index contributed by atoms with van der Waals surface area (Å²) >= 11 is 0. The molecule has 1 atom stereocenters. The van der Waals surface area contributed by atoms with E-state index in [9.17, 15) is 4.79 Å². The monoisotopic (exact) mass is 330 g/mol. The van der Waals surface area contributed by atoms with Crippen LogP contribution in [0.4, 0.5) is 0 Å². The van der Waals surface area contributed by atoms with Crippen LogP contribution in [0.25, 0.3) is 0 Å². The Hall–Kier alpha value is -2.11. The van der Waals surface area contributed by atoms with E-state index in [1.54, 1.807) is 0 Å². The zero-order valence-corrected chi connectivity index (χ0v) is 15.1. The lowest BCUT2D eigenvalue weighted by Gasteiger charge is -2.24. The smallest absolute Gasteiger partial charge is 0.224 e. The lowest BCUT2D eigenvalue weighted by molar-refractivity contribution is -0.121. The fraction of sp³-hybridized carbons (Fsp3) is 0.611. The van der Waals surface area contributed by atoms with Gasteiger partial charge in [-0.3, -0.25) is 4.79 Å². The van der Waals surface area contributed by atoms with Crippen LogP contribution >= 0.6 is 0 Å². The summed E-state index contributed by atoms with van der Waals surface area (Å²) in [6, 6.07) is 0.146. The molecule has 0 unspecified atom stereocenters. The Balaban J connectivity index is 1.63. The van der Waals surface area contributed by atoms with E-state index in [0.717, 1.165) is 47.9 Å². The van der Waals surface area contributed by atoms with E-state index in [1.807, 2.05) is 13.8 Å². The van der Waals surface area contributed by atoms with E-state index in [-0.39, 0.29) is 17.4 Å². The van der Waals surface area contributed by atoms with Gasteiger partial charge in [0.25, 0.3) is 0 Å². The van der Waals surface area contributed by atoms with Crippen LogP contribution in [-0.4, -0.2) is 26.7 Å². The van der Waals surface area contributed by atoms with Crippen molar-refractivity contribution in [2.24, 2.45) is 0 Å². The molecule has 3 rings (SSSR count). The quantitative estimate of drug-likeness (QED) is 0.938. The van der Waals surface area contributed by atoms with Gasteiger partial charge in [-0.2, -0.15) is 0 Å². The second-order valence-electron chi connectivity index (χ2n) is 7.73. The summed E-state index contributed by atoms with van der Waals surface area (Å²) in [4.78, 5) is 17.1. The van der Waals surface area contributed by atoms with Crippen molar-refractivity contribution in [1.29, 1.82) is 0 Å². The second kappa shape index (κ2) is 6.07. The predicted molar refractivity (Wildman–Crippen MR) is 90.9 cm³/mol. The number of carbonyl (C=O) groups is 1. The number of imidazole rings is 1. The highest BCUT2D eigenvalue weighted by Gasteiger charge is 2.25. The van der Waals surface area contributed by atoms with Crippen molar-refractivity contribution in [1.82, 2.24) is 20.0 Å². The third-order valence-corrected chi connectivity index (χ3v) is 4.64. The second-order valence-corrected chi connectivity index (χ2v) is 7.73. The average Bonchev–Trinajstić information content (AvgIpc) is 3.05. The van der Waals surface area contributed by atoms with Crippen LogP contribution in [0, 0.1) is 13.8 Å². The highest BCUT2D eigenvalue weighted by Crippen LogP contribution is 2.24. The Morgan fingerprint density at radius 3 is 2.79 bits per heavy atom. The maximum absolute atomic E-state index is 12.4. The van der Waals surface area contributed by atoms with Gasteiger partial charge in [0.05, 0.1) is 17.8 Å². The molecule has 0 spiro atoms. The van der Waals surface area contributed by atoms with Crippen molar-refractivity contribution in [2.45, 2.75) is 71.9 Å². The van der Waals surface area contributed by atoms with Gasteiger partial charge >= 0.3 is 0 Å². The molecule has 0 aromatic carbocycles. The van der Waals surface area contributed by atoms with E-state index in [4.69, 9.17) is 9.51 Å². The van der Waals surface area contributed by atoms with Gasteiger partial charge in [0, 0.05) is 36.2 Å². The molecule has 0 fully saturated rings. The minimum atomic E-state index is 0.0222. The molecule has 0 saturated carbocycles. The number of rotatable bonds is 3. The van der Waals surface area contributed by atoms with Gasteiger partial charge < -0.3 is 14.4 Å². The number of fused-ring (bicyclic) bond motifs is 1. The Kier molecular flexibility index (Phi) is 4.24. The van der Waals surface area contributed by atoms with E-state index in [0.29, 0.717) is 6.42 Å². The highest BCUT2D eigenvalue weighted by atomic mass is 16.5. The molecule has 2 aromatic rings. The zero-order valence-electron chi connectivity index (χ0n) is 15.1. The normalized spacial score (nSPS) is 17.6. The molecule has 130 valence electrons. The first-order valence-electron chi connectivity index (χ1n) is 8.51. The molecule has 0 bridgehead atoms. The maximum Gasteiger partial charge on any atom is 0.224 e. The first-order chi connectivity index (χ1) is 11.2. The third-order valence-electron chi connectivity index (χ3n) is 4.64. The largest absolute Gasteiger partial charge is 0.361 e. The number of amides is 1. The first kappa shape index (κ1) is 16.7. The Morgan fingerprint density at radius 1 is 1.42 bits per heavy atom. The molecule has 24 heavy (non-hydrogen) atoms. The number of nitrogens with zero attached hydrogens (tertiary/aromatic N) is 3. The Bertz CT molecular complexity index is 732. The lowest BCUT2D eigenvalue weighted by Crippen LogP contribution is -2.41. The summed E-state index contributed by atoms with van der Waals surface area (Å²) in [7, 11) is 0. The van der Waals surface area contributed by atoms with Crippen LogP contribution < -0.4 is 5.32 Å². The average molecular weight is 330 g/mol. The molecule has 6 heteroatoms. The van der Waals surface area contributed by atoms with Crippen LogP contribution in [0.15, 0.2) is 10.7 Å². The topological polar surface area (TPSA) is 73.0 Å². The summed E-state index contributed by atoms with van der Waals surface area (Å²) in [5.74, 6) is 1.86. The molecule has 1 aliphatic heterocycles. The summed E-state index contributed by atoms with van der Waals surface area (Å²) in [6.07, 6.45) is 4.27. The predicted octanol–water partition coefficient (Wildman–Crippen LogP) is 2.46. The molecule has 1 aliphatic rings. The standard InChI is InChI=1S/C18H26N4O2/c1-11-14(12(2)24-21-11)8-17(23)19-13-6-7-16-20-15(18(3,4)5)10-22(16)9-13/h10,13H,6-9H2,1-5H3,(H,19,23)/t13-/m0/s1. The van der Waals surface area contributed by atoms with Crippen LogP contribution in [-0.2, 0) is 29.6 Å². The molecule has 3 heterocycles. The van der Waals surface area contributed by atoms with Gasteiger partial charge in [0.15, 0.2) is 0 Å². The molecule has 1 amide bonds. The summed E-state index contributed by atoms with van der Waals surface area (Å²) < 4.78 is 7.31. The lowest BCUT2D eigenvalue weighted by atomic mass is 9.93. The van der Waals surface area contributed by atoms with Gasteiger partial charge in [-0.1, -0.05) is 25.9 Å². The van der Waals surface area contributed by atoms with Crippen LogP contribution in [0.2, 0.25) is 0 Å². The van der Waals surface area contributed by atoms with Crippen molar-refractivity contribution < 1.29 is 9.32 Å². The fourth-order valence-electron chi connectivity index (χ4n) is 3.12. The highest BCUT2D eigenvalue weighted by molar-refractivity contribution is 5.79. The van der Waals surface area contributed by atoms with Crippen LogP contribution in [0.5, 0.6) is 0 Å². The van der Waals surface area contributed by atoms with Gasteiger partial charge in [0.2, 0.25) is 5.91 Å². The van der Waals surface area contributed by atoms with Crippen molar-refractivity contribution in [3.63, 3.8) is 0 Å². The maximum atomic E-state index is 12.4. The van der Waals surface area contributed by atoms with E-state index < -0.39 is 0 Å². The van der Waals surface area contributed by atoms with E-state index in [1.165, 1.54) is 0 Å². The number of nitrogens with one attached hydrogen (secondary N) is 1. The fourth-order valence-corrected chi connectivity index (χ4v) is 3.12. The van der Waals surface area contributed by atoms with E-state index in [2.05, 4.69) is 42.0 Å². The van der Waals surface area contributed by atoms with Crippen molar-refractivity contribution >= 4 is 5.91 Å². The first-order valence-corrected chi connectivity index (χ1v) is 8.51. The SMILES string of the molecule is Cc1noc(C)c1CC(=O)N[C@H]1CCc2nc(C(C)(C)C)cn2C1. The van der Waals surface area contributed by atoms with E-state index >= 15 is 0 Å². The summed E-state index contributed by atoms with van der Waals surface area (Å²) in [6.45, 7) is 11.0. The number of aryl methyl sites for hydroxylation is 3. The minimum absolute atomic E-state index is 0.0222. The molecular weight excluding hydrogens is 304 g/mol. The molecule has 0 aliphatic carbocycles. The minimum Gasteiger partial charge on any atom is -0.361 e. The number of carbonyl (C=O) groups excluding carboxylic acids is 1. The Labute approximate surface area is 142 Å². The van der Waals surface area contributed by atoms with Crippen molar-refractivity contribution in [2.75, 3.05) is 0 Å². The van der Waals surface area contributed by atoms with Crippen LogP contribution in [0.1, 0.15) is 55.7 Å². The zero-order chi connectivity index (χ0) is 17.5. The third kappa shape index (κ3) is 3.37. The molecule has 2 aromatic heterocycles. The van der Waals surface area contributed by atoms with Crippen molar-refractivity contribution in [3.05, 3.63) is 34.7 Å².